The fourth-order valence-corrected chi connectivity index (χ4v) is 2.49. The first kappa shape index (κ1) is 10.4. The molecule has 3 rings (SSSR count). The van der Waals surface area contributed by atoms with Crippen LogP contribution in [0.4, 0.5) is 5.69 Å². The van der Waals surface area contributed by atoms with Crippen LogP contribution >= 0.6 is 11.3 Å². The topological polar surface area (TPSA) is 40.7 Å². The molecule has 86 valence electrons. The van der Waals surface area contributed by atoms with Gasteiger partial charge in [-0.1, -0.05) is 6.07 Å². The number of thiophene rings is 1. The molecule has 0 spiro atoms. The molecule has 0 atom stereocenters. The monoisotopic (exact) mass is 243 g/mol. The maximum atomic E-state index is 4.38. The van der Waals surface area contributed by atoms with Gasteiger partial charge in [-0.2, -0.15) is 0 Å². The van der Waals surface area contributed by atoms with E-state index in [1.165, 1.54) is 4.88 Å². The summed E-state index contributed by atoms with van der Waals surface area (Å²) in [5.41, 5.74) is 3.22. The highest BCUT2D eigenvalue weighted by Gasteiger charge is 2.00. The quantitative estimate of drug-likeness (QED) is 0.738. The molecule has 3 aromatic rings. The Bertz CT molecular complexity index is 625. The number of imidazole rings is 1. The van der Waals surface area contributed by atoms with Crippen molar-refractivity contribution in [3.63, 3.8) is 0 Å². The lowest BCUT2D eigenvalue weighted by molar-refractivity contribution is 1.17. The van der Waals surface area contributed by atoms with Crippen LogP contribution in [0.3, 0.4) is 0 Å². The summed E-state index contributed by atoms with van der Waals surface area (Å²) in [4.78, 5) is 8.97. The van der Waals surface area contributed by atoms with Crippen LogP contribution in [0.15, 0.2) is 35.7 Å². The van der Waals surface area contributed by atoms with Gasteiger partial charge in [-0.15, -0.1) is 11.3 Å². The average Bonchev–Trinajstić information content (AvgIpc) is 2.92. The van der Waals surface area contributed by atoms with Crippen LogP contribution in [0.1, 0.15) is 10.7 Å². The summed E-state index contributed by atoms with van der Waals surface area (Å²) in [5, 5.41) is 5.51. The van der Waals surface area contributed by atoms with Gasteiger partial charge >= 0.3 is 0 Å². The molecule has 17 heavy (non-hydrogen) atoms. The van der Waals surface area contributed by atoms with Crippen LogP contribution in [0.5, 0.6) is 0 Å². The Morgan fingerprint density at radius 1 is 1.35 bits per heavy atom. The maximum absolute atomic E-state index is 4.38. The zero-order valence-electron chi connectivity index (χ0n) is 9.53. The molecule has 3 nitrogen and oxygen atoms in total. The van der Waals surface area contributed by atoms with E-state index in [1.807, 2.05) is 13.0 Å². The van der Waals surface area contributed by atoms with Gasteiger partial charge in [0.2, 0.25) is 0 Å². The average molecular weight is 243 g/mol. The Balaban J connectivity index is 1.81. The fraction of sp³-hybridized carbons (Fsp3) is 0.154. The minimum atomic E-state index is 0.871. The van der Waals surface area contributed by atoms with Gasteiger partial charge in [0.1, 0.15) is 5.82 Å². The van der Waals surface area contributed by atoms with Crippen molar-refractivity contribution in [3.05, 3.63) is 46.4 Å². The molecule has 4 heteroatoms. The molecule has 0 saturated carbocycles. The smallest absolute Gasteiger partial charge is 0.104 e. The molecule has 2 heterocycles. The first-order chi connectivity index (χ1) is 8.31. The molecular weight excluding hydrogens is 230 g/mol. The number of anilines is 1. The molecule has 0 radical (unpaired) electrons. The van der Waals surface area contributed by atoms with Gasteiger partial charge in [-0.3, -0.25) is 0 Å². The number of nitrogens with zero attached hydrogens (tertiary/aromatic N) is 1. The number of benzene rings is 1. The molecule has 0 aliphatic carbocycles. The summed E-state index contributed by atoms with van der Waals surface area (Å²) in [7, 11) is 0. The van der Waals surface area contributed by atoms with Crippen LogP contribution in [-0.4, -0.2) is 9.97 Å². The van der Waals surface area contributed by atoms with Crippen LogP contribution < -0.4 is 5.32 Å². The number of H-pyrrole nitrogens is 1. The predicted octanol–water partition coefficient (Wildman–Crippen LogP) is 3.54. The van der Waals surface area contributed by atoms with Gasteiger partial charge in [0, 0.05) is 17.1 Å². The lowest BCUT2D eigenvalue weighted by Gasteiger charge is -2.04. The summed E-state index contributed by atoms with van der Waals surface area (Å²) in [5.74, 6) is 0.954. The number of hydrogen-bond acceptors (Lipinski definition) is 3. The number of fused-ring (bicyclic) bond motifs is 1. The zero-order valence-corrected chi connectivity index (χ0v) is 10.3. The van der Waals surface area contributed by atoms with Crippen molar-refractivity contribution >= 4 is 28.1 Å². The second-order valence-electron chi connectivity index (χ2n) is 3.99. The Labute approximate surface area is 104 Å². The molecule has 0 unspecified atom stereocenters. The van der Waals surface area contributed by atoms with E-state index < -0.39 is 0 Å². The highest BCUT2D eigenvalue weighted by molar-refractivity contribution is 7.09. The van der Waals surface area contributed by atoms with Crippen molar-refractivity contribution in [2.24, 2.45) is 0 Å². The van der Waals surface area contributed by atoms with Crippen LogP contribution in [0.2, 0.25) is 0 Å². The summed E-state index contributed by atoms with van der Waals surface area (Å²) in [6, 6.07) is 10.4. The number of aryl methyl sites for hydroxylation is 1. The highest BCUT2D eigenvalue weighted by Crippen LogP contribution is 2.18. The number of hydrogen-bond donors (Lipinski definition) is 2. The standard InChI is InChI=1S/C13H13N3S/c1-9-15-12-5-4-10(7-13(12)16-9)14-8-11-3-2-6-17-11/h2-7,14H,8H2,1H3,(H,15,16). The second-order valence-corrected chi connectivity index (χ2v) is 5.02. The first-order valence-electron chi connectivity index (χ1n) is 5.54. The van der Waals surface area contributed by atoms with E-state index in [9.17, 15) is 0 Å². The van der Waals surface area contributed by atoms with Gasteiger partial charge in [0.15, 0.2) is 0 Å². The molecule has 2 N–H and O–H groups in total. The molecule has 0 aliphatic heterocycles. The van der Waals surface area contributed by atoms with Gasteiger partial charge in [0.25, 0.3) is 0 Å². The van der Waals surface area contributed by atoms with Gasteiger partial charge in [-0.25, -0.2) is 4.98 Å². The molecule has 0 fully saturated rings. The van der Waals surface area contributed by atoms with E-state index >= 15 is 0 Å². The van der Waals surface area contributed by atoms with Crippen molar-refractivity contribution in [2.45, 2.75) is 13.5 Å². The van der Waals surface area contributed by atoms with E-state index in [4.69, 9.17) is 0 Å². The SMILES string of the molecule is Cc1nc2ccc(NCc3cccs3)cc2[nH]1. The number of nitrogens with one attached hydrogen (secondary N) is 2. The van der Waals surface area contributed by atoms with Crippen LogP contribution in [0, 0.1) is 6.92 Å². The third kappa shape index (κ3) is 2.17. The zero-order chi connectivity index (χ0) is 11.7. The van der Waals surface area contributed by atoms with E-state index in [2.05, 4.69) is 44.9 Å². The van der Waals surface area contributed by atoms with Crippen LogP contribution in [-0.2, 0) is 6.54 Å². The Morgan fingerprint density at radius 2 is 2.29 bits per heavy atom. The van der Waals surface area contributed by atoms with Crippen molar-refractivity contribution < 1.29 is 0 Å². The van der Waals surface area contributed by atoms with E-state index in [0.717, 1.165) is 29.1 Å². The number of aromatic nitrogens is 2. The fourth-order valence-electron chi connectivity index (χ4n) is 1.85. The lowest BCUT2D eigenvalue weighted by Crippen LogP contribution is -1.96. The molecule has 0 aliphatic rings. The van der Waals surface area contributed by atoms with Gasteiger partial charge in [0.05, 0.1) is 11.0 Å². The van der Waals surface area contributed by atoms with Crippen molar-refractivity contribution in [1.82, 2.24) is 9.97 Å². The third-order valence-corrected chi connectivity index (χ3v) is 3.52. The third-order valence-electron chi connectivity index (χ3n) is 2.65. The largest absolute Gasteiger partial charge is 0.380 e. The minimum Gasteiger partial charge on any atom is -0.380 e. The molecular formula is C13H13N3S. The minimum absolute atomic E-state index is 0.871. The highest BCUT2D eigenvalue weighted by atomic mass is 32.1. The second kappa shape index (κ2) is 4.22. The van der Waals surface area contributed by atoms with Crippen molar-refractivity contribution in [1.29, 1.82) is 0 Å². The molecule has 0 amide bonds. The van der Waals surface area contributed by atoms with E-state index in [-0.39, 0.29) is 0 Å². The number of rotatable bonds is 3. The summed E-state index contributed by atoms with van der Waals surface area (Å²) in [6.45, 7) is 2.84. The van der Waals surface area contributed by atoms with E-state index in [0.29, 0.717) is 0 Å². The Morgan fingerprint density at radius 3 is 3.12 bits per heavy atom. The van der Waals surface area contributed by atoms with Gasteiger partial charge in [-0.05, 0) is 36.6 Å². The normalized spacial score (nSPS) is 10.9. The summed E-state index contributed by atoms with van der Waals surface area (Å²) < 4.78 is 0. The number of aromatic amines is 1. The van der Waals surface area contributed by atoms with Gasteiger partial charge < -0.3 is 10.3 Å². The van der Waals surface area contributed by atoms with Crippen molar-refractivity contribution in [3.8, 4) is 0 Å². The maximum Gasteiger partial charge on any atom is 0.104 e. The van der Waals surface area contributed by atoms with Crippen LogP contribution in [0.25, 0.3) is 11.0 Å². The summed E-state index contributed by atoms with van der Waals surface area (Å²) >= 11 is 1.77. The Hall–Kier alpha value is -1.81. The molecule has 0 bridgehead atoms. The molecule has 1 aromatic carbocycles. The van der Waals surface area contributed by atoms with E-state index in [1.54, 1.807) is 11.3 Å². The Kier molecular flexibility index (Phi) is 2.57. The first-order valence-corrected chi connectivity index (χ1v) is 6.42. The summed E-state index contributed by atoms with van der Waals surface area (Å²) in [6.07, 6.45) is 0. The predicted molar refractivity (Wildman–Crippen MR) is 72.5 cm³/mol. The molecule has 2 aromatic heterocycles. The lowest BCUT2D eigenvalue weighted by atomic mass is 10.2. The molecule has 0 saturated heterocycles. The van der Waals surface area contributed by atoms with Crippen molar-refractivity contribution in [2.75, 3.05) is 5.32 Å².